The first-order chi connectivity index (χ1) is 10.6. The number of furan rings is 1. The van der Waals surface area contributed by atoms with E-state index in [4.69, 9.17) is 4.42 Å². The number of hydrogen-bond donors (Lipinski definition) is 0. The van der Waals surface area contributed by atoms with Crippen molar-refractivity contribution in [2.75, 3.05) is 0 Å². The standard InChI is InChI=1S/C20H27NO/c1-13(2)20-18(8-10-22-20)14(3)5-6-16-11-15(4)17-7-9-21-12-19(16)17/h7-10,12-16H,5-6,11H2,1-4H3. The fraction of sp³-hybridized carbons (Fsp3) is 0.550. The average molecular weight is 297 g/mol. The van der Waals surface area contributed by atoms with Crippen LogP contribution in [0.1, 0.15) is 93.1 Å². The van der Waals surface area contributed by atoms with E-state index in [0.717, 1.165) is 5.76 Å². The average Bonchev–Trinajstić information content (AvgIpc) is 3.11. The Morgan fingerprint density at radius 1 is 1.23 bits per heavy atom. The minimum absolute atomic E-state index is 0.462. The largest absolute Gasteiger partial charge is 0.469 e. The van der Waals surface area contributed by atoms with Gasteiger partial charge in [0.05, 0.1) is 6.26 Å². The Hall–Kier alpha value is -1.57. The minimum Gasteiger partial charge on any atom is -0.469 e. The summed E-state index contributed by atoms with van der Waals surface area (Å²) in [4.78, 5) is 4.34. The number of hydrogen-bond acceptors (Lipinski definition) is 2. The highest BCUT2D eigenvalue weighted by Gasteiger charge is 2.28. The van der Waals surface area contributed by atoms with E-state index in [9.17, 15) is 0 Å². The van der Waals surface area contributed by atoms with Crippen molar-refractivity contribution in [3.8, 4) is 0 Å². The van der Waals surface area contributed by atoms with Crippen LogP contribution in [-0.2, 0) is 0 Å². The summed E-state index contributed by atoms with van der Waals surface area (Å²) >= 11 is 0. The fourth-order valence-electron chi connectivity index (χ4n) is 3.98. The molecule has 0 spiro atoms. The van der Waals surface area contributed by atoms with Crippen LogP contribution in [0.4, 0.5) is 0 Å². The lowest BCUT2D eigenvalue weighted by molar-refractivity contribution is 0.468. The van der Waals surface area contributed by atoms with Crippen molar-refractivity contribution in [1.82, 2.24) is 4.98 Å². The smallest absolute Gasteiger partial charge is 0.109 e. The third kappa shape index (κ3) is 2.84. The molecular formula is C20H27NO. The summed E-state index contributed by atoms with van der Waals surface area (Å²) < 4.78 is 5.68. The molecule has 22 heavy (non-hydrogen) atoms. The molecule has 0 saturated heterocycles. The van der Waals surface area contributed by atoms with Crippen LogP contribution in [0.15, 0.2) is 35.2 Å². The highest BCUT2D eigenvalue weighted by molar-refractivity contribution is 5.35. The van der Waals surface area contributed by atoms with E-state index in [1.54, 1.807) is 0 Å². The molecule has 0 aromatic carbocycles. The Labute approximate surface area is 134 Å². The first-order valence-corrected chi connectivity index (χ1v) is 8.59. The predicted molar refractivity (Wildman–Crippen MR) is 90.5 cm³/mol. The van der Waals surface area contributed by atoms with Gasteiger partial charge >= 0.3 is 0 Å². The fourth-order valence-corrected chi connectivity index (χ4v) is 3.98. The van der Waals surface area contributed by atoms with Crippen molar-refractivity contribution in [3.63, 3.8) is 0 Å². The molecule has 2 heterocycles. The Bertz CT molecular complexity index is 628. The van der Waals surface area contributed by atoms with E-state index in [0.29, 0.717) is 23.7 Å². The van der Waals surface area contributed by atoms with Gasteiger partial charge in [-0.2, -0.15) is 0 Å². The van der Waals surface area contributed by atoms with Crippen LogP contribution in [0.3, 0.4) is 0 Å². The summed E-state index contributed by atoms with van der Waals surface area (Å²) in [6.45, 7) is 9.08. The summed E-state index contributed by atoms with van der Waals surface area (Å²) in [6.07, 6.45) is 9.60. The van der Waals surface area contributed by atoms with Gasteiger partial charge in [-0.15, -0.1) is 0 Å². The highest BCUT2D eigenvalue weighted by Crippen LogP contribution is 2.44. The van der Waals surface area contributed by atoms with Gasteiger partial charge < -0.3 is 4.42 Å². The number of fused-ring (bicyclic) bond motifs is 1. The predicted octanol–water partition coefficient (Wildman–Crippen LogP) is 5.97. The topological polar surface area (TPSA) is 26.0 Å². The Kier molecular flexibility index (Phi) is 4.37. The molecule has 118 valence electrons. The Balaban J connectivity index is 1.67. The third-order valence-corrected chi connectivity index (χ3v) is 5.23. The second kappa shape index (κ2) is 6.28. The molecule has 0 amide bonds. The molecule has 0 aliphatic heterocycles. The van der Waals surface area contributed by atoms with Gasteiger partial charge in [-0.3, -0.25) is 4.98 Å². The van der Waals surface area contributed by atoms with Crippen molar-refractivity contribution in [2.45, 2.75) is 70.6 Å². The Morgan fingerprint density at radius 3 is 2.82 bits per heavy atom. The van der Waals surface area contributed by atoms with Crippen LogP contribution in [-0.4, -0.2) is 4.98 Å². The van der Waals surface area contributed by atoms with Crippen molar-refractivity contribution >= 4 is 0 Å². The molecule has 1 aliphatic carbocycles. The van der Waals surface area contributed by atoms with Gasteiger partial charge in [0.15, 0.2) is 0 Å². The zero-order chi connectivity index (χ0) is 15.7. The molecule has 0 radical (unpaired) electrons. The van der Waals surface area contributed by atoms with Gasteiger partial charge in [0, 0.05) is 18.3 Å². The number of pyridine rings is 1. The molecule has 3 unspecified atom stereocenters. The molecule has 0 bridgehead atoms. The van der Waals surface area contributed by atoms with Crippen LogP contribution in [0.5, 0.6) is 0 Å². The van der Waals surface area contributed by atoms with Gasteiger partial charge in [0.25, 0.3) is 0 Å². The van der Waals surface area contributed by atoms with Crippen molar-refractivity contribution < 1.29 is 4.42 Å². The molecule has 2 aromatic rings. The van der Waals surface area contributed by atoms with Crippen LogP contribution in [0.25, 0.3) is 0 Å². The van der Waals surface area contributed by atoms with E-state index in [2.05, 4.69) is 51.0 Å². The summed E-state index contributed by atoms with van der Waals surface area (Å²) in [5, 5.41) is 0. The van der Waals surface area contributed by atoms with E-state index < -0.39 is 0 Å². The van der Waals surface area contributed by atoms with Crippen molar-refractivity contribution in [2.24, 2.45) is 0 Å². The molecule has 0 N–H and O–H groups in total. The maximum atomic E-state index is 5.68. The van der Waals surface area contributed by atoms with Crippen LogP contribution in [0.2, 0.25) is 0 Å². The second-order valence-electron chi connectivity index (χ2n) is 7.21. The van der Waals surface area contributed by atoms with E-state index in [-0.39, 0.29) is 0 Å². The van der Waals surface area contributed by atoms with Crippen LogP contribution < -0.4 is 0 Å². The van der Waals surface area contributed by atoms with Crippen LogP contribution in [0, 0.1) is 0 Å². The molecule has 2 heteroatoms. The summed E-state index contributed by atoms with van der Waals surface area (Å²) in [6, 6.07) is 4.36. The highest BCUT2D eigenvalue weighted by atomic mass is 16.3. The quantitative estimate of drug-likeness (QED) is 0.679. The molecule has 1 aliphatic rings. The summed E-state index contributed by atoms with van der Waals surface area (Å²) in [5.41, 5.74) is 4.39. The van der Waals surface area contributed by atoms with Gasteiger partial charge in [-0.1, -0.05) is 27.7 Å². The van der Waals surface area contributed by atoms with E-state index in [1.807, 2.05) is 12.5 Å². The van der Waals surface area contributed by atoms with Gasteiger partial charge in [0.2, 0.25) is 0 Å². The SMILES string of the molecule is CC(C)c1occc1C(C)CCC1CC(C)c2ccncc21. The van der Waals surface area contributed by atoms with E-state index in [1.165, 1.54) is 36.0 Å². The Morgan fingerprint density at radius 2 is 2.05 bits per heavy atom. The van der Waals surface area contributed by atoms with Crippen molar-refractivity contribution in [3.05, 3.63) is 53.2 Å². The normalized spacial score (nSPS) is 22.0. The first kappa shape index (κ1) is 15.3. The summed E-state index contributed by atoms with van der Waals surface area (Å²) in [5.74, 6) is 3.54. The number of nitrogens with zero attached hydrogens (tertiary/aromatic N) is 1. The molecule has 0 saturated carbocycles. The lowest BCUT2D eigenvalue weighted by Gasteiger charge is -2.17. The van der Waals surface area contributed by atoms with Gasteiger partial charge in [-0.05, 0) is 65.8 Å². The molecule has 2 aromatic heterocycles. The second-order valence-corrected chi connectivity index (χ2v) is 7.21. The first-order valence-electron chi connectivity index (χ1n) is 8.59. The van der Waals surface area contributed by atoms with Gasteiger partial charge in [-0.25, -0.2) is 0 Å². The maximum Gasteiger partial charge on any atom is 0.109 e. The zero-order valence-electron chi connectivity index (χ0n) is 14.2. The number of aromatic nitrogens is 1. The molecule has 0 fully saturated rings. The zero-order valence-corrected chi connectivity index (χ0v) is 14.2. The lowest BCUT2D eigenvalue weighted by Crippen LogP contribution is -2.01. The van der Waals surface area contributed by atoms with E-state index >= 15 is 0 Å². The minimum atomic E-state index is 0.462. The number of rotatable bonds is 5. The molecule has 2 nitrogen and oxygen atoms in total. The summed E-state index contributed by atoms with van der Waals surface area (Å²) in [7, 11) is 0. The molecule has 3 atom stereocenters. The van der Waals surface area contributed by atoms with Crippen LogP contribution >= 0.6 is 0 Å². The molecular weight excluding hydrogens is 270 g/mol. The van der Waals surface area contributed by atoms with Crippen molar-refractivity contribution in [1.29, 1.82) is 0 Å². The maximum absolute atomic E-state index is 5.68. The molecule has 3 rings (SSSR count). The monoisotopic (exact) mass is 297 g/mol. The van der Waals surface area contributed by atoms with Gasteiger partial charge in [0.1, 0.15) is 5.76 Å². The lowest BCUT2D eigenvalue weighted by atomic mass is 9.88. The third-order valence-electron chi connectivity index (χ3n) is 5.23.